The first-order chi connectivity index (χ1) is 12.1. The van der Waals surface area contributed by atoms with E-state index in [1.165, 1.54) is 19.2 Å². The van der Waals surface area contributed by atoms with Gasteiger partial charge in [-0.1, -0.05) is 12.1 Å². The molecule has 0 radical (unpaired) electrons. The number of nitrogens with one attached hydrogen (secondary N) is 3. The Morgan fingerprint density at radius 2 is 2.00 bits per heavy atom. The number of rotatable bonds is 3. The molecule has 0 saturated carbocycles. The summed E-state index contributed by atoms with van der Waals surface area (Å²) in [6.45, 7) is 2.75. The van der Waals surface area contributed by atoms with Gasteiger partial charge in [0, 0.05) is 0 Å². The lowest BCUT2D eigenvalue weighted by Crippen LogP contribution is -3.10. The predicted molar refractivity (Wildman–Crippen MR) is 85.9 cm³/mol. The Balaban J connectivity index is 1.95. The van der Waals surface area contributed by atoms with E-state index in [1.807, 2.05) is 6.20 Å². The molecule has 2 amide bonds. The summed E-state index contributed by atoms with van der Waals surface area (Å²) in [6.07, 6.45) is 1.85. The molecular weight excluding hydrogens is 329 g/mol. The molecule has 2 fully saturated rings. The Kier molecular flexibility index (Phi) is 5.30. The van der Waals surface area contributed by atoms with Crippen molar-refractivity contribution in [1.82, 2.24) is 10.6 Å². The average molecular weight is 350 g/mol. The van der Waals surface area contributed by atoms with E-state index in [0.717, 1.165) is 18.0 Å². The molecule has 7 nitrogen and oxygen atoms in total. The third-order valence-electron chi connectivity index (χ3n) is 4.39. The van der Waals surface area contributed by atoms with Gasteiger partial charge in [0.05, 0.1) is 32.1 Å². The minimum absolute atomic E-state index is 0.382. The van der Waals surface area contributed by atoms with Crippen molar-refractivity contribution in [1.29, 1.82) is 0 Å². The summed E-state index contributed by atoms with van der Waals surface area (Å²) in [6, 6.07) is 4.67. The van der Waals surface area contributed by atoms with Gasteiger partial charge < -0.3 is 25.0 Å². The van der Waals surface area contributed by atoms with Crippen LogP contribution in [0.3, 0.4) is 0 Å². The number of quaternary nitrogens is 1. The van der Waals surface area contributed by atoms with E-state index in [4.69, 9.17) is 9.47 Å². The first-order valence-corrected chi connectivity index (χ1v) is 8.13. The minimum Gasteiger partial charge on any atom is -0.468 e. The van der Waals surface area contributed by atoms with Gasteiger partial charge in [-0.3, -0.25) is 4.79 Å². The number of hydrogen-bond donors (Lipinski definition) is 3. The summed E-state index contributed by atoms with van der Waals surface area (Å²) in [5.41, 5.74) is 1.12. The molecule has 0 unspecified atom stereocenters. The number of ether oxygens (including phenoxy) is 2. The van der Waals surface area contributed by atoms with Gasteiger partial charge in [-0.15, -0.1) is 0 Å². The van der Waals surface area contributed by atoms with Gasteiger partial charge in [0.1, 0.15) is 31.0 Å². The monoisotopic (exact) mass is 350 g/mol. The summed E-state index contributed by atoms with van der Waals surface area (Å²) in [7, 11) is 1.31. The van der Waals surface area contributed by atoms with Gasteiger partial charge in [-0.05, 0) is 17.7 Å². The van der Waals surface area contributed by atoms with Crippen molar-refractivity contribution in [3.05, 3.63) is 47.5 Å². The van der Waals surface area contributed by atoms with Crippen molar-refractivity contribution in [3.8, 4) is 0 Å². The van der Waals surface area contributed by atoms with Crippen LogP contribution in [0.4, 0.5) is 9.18 Å². The molecule has 2 atom stereocenters. The van der Waals surface area contributed by atoms with Crippen molar-refractivity contribution in [2.75, 3.05) is 33.4 Å². The molecular formula is C17H21FN3O4+. The van der Waals surface area contributed by atoms with Crippen LogP contribution in [-0.4, -0.2) is 45.4 Å². The number of esters is 1. The molecule has 3 rings (SSSR count). The lowest BCUT2D eigenvalue weighted by molar-refractivity contribution is -0.856. The molecule has 2 aliphatic heterocycles. The fourth-order valence-corrected chi connectivity index (χ4v) is 3.11. The predicted octanol–water partition coefficient (Wildman–Crippen LogP) is -0.275. The van der Waals surface area contributed by atoms with E-state index >= 15 is 0 Å². The Labute approximate surface area is 144 Å². The molecule has 0 aromatic heterocycles. The van der Waals surface area contributed by atoms with Gasteiger partial charge in [-0.2, -0.15) is 0 Å². The number of benzene rings is 1. The highest BCUT2D eigenvalue weighted by Crippen LogP contribution is 2.30. The SMILES string of the molecule is COC(=O)[C@@H]1/C(=C\[NH+]2CCOCC2)NC(=O)N[C@H]1c1ccc(F)cc1. The van der Waals surface area contributed by atoms with Crippen molar-refractivity contribution >= 4 is 12.0 Å². The summed E-state index contributed by atoms with van der Waals surface area (Å²) < 4.78 is 23.5. The van der Waals surface area contributed by atoms with E-state index in [0.29, 0.717) is 24.5 Å². The highest BCUT2D eigenvalue weighted by molar-refractivity contribution is 5.85. The zero-order valence-corrected chi connectivity index (χ0v) is 13.9. The molecule has 3 N–H and O–H groups in total. The van der Waals surface area contributed by atoms with Crippen LogP contribution >= 0.6 is 0 Å². The van der Waals surface area contributed by atoms with Crippen LogP contribution in [0.25, 0.3) is 0 Å². The lowest BCUT2D eigenvalue weighted by atomic mass is 9.88. The van der Waals surface area contributed by atoms with Gasteiger partial charge in [0.25, 0.3) is 0 Å². The average Bonchev–Trinajstić information content (AvgIpc) is 2.62. The summed E-state index contributed by atoms with van der Waals surface area (Å²) in [4.78, 5) is 25.6. The van der Waals surface area contributed by atoms with Crippen LogP contribution in [-0.2, 0) is 14.3 Å². The van der Waals surface area contributed by atoms with E-state index in [-0.39, 0.29) is 5.82 Å². The lowest BCUT2D eigenvalue weighted by Gasteiger charge is -2.33. The molecule has 0 aliphatic carbocycles. The Bertz CT molecular complexity index is 671. The normalized spacial score (nSPS) is 26.0. The Morgan fingerprint density at radius 3 is 2.64 bits per heavy atom. The third kappa shape index (κ3) is 3.97. The number of carbonyl (C=O) groups excluding carboxylic acids is 2. The number of amides is 2. The first kappa shape index (κ1) is 17.4. The maximum atomic E-state index is 13.2. The number of methoxy groups -OCH3 is 1. The van der Waals surface area contributed by atoms with Gasteiger partial charge >= 0.3 is 12.0 Å². The standard InChI is InChI=1S/C17H20FN3O4/c1-24-16(22)14-13(10-21-6-8-25-9-7-21)19-17(23)20-15(14)11-2-4-12(18)5-3-11/h2-5,10,14-15H,6-9H2,1H3,(H2,19,20,23)/p+1/b13-10+/t14-,15+/m1/s1. The summed E-state index contributed by atoms with van der Waals surface area (Å²) in [5.74, 6) is -1.59. The second-order valence-corrected chi connectivity index (χ2v) is 6.00. The van der Waals surface area contributed by atoms with Crippen LogP contribution in [0.5, 0.6) is 0 Å². The van der Waals surface area contributed by atoms with Crippen molar-refractivity contribution in [3.63, 3.8) is 0 Å². The third-order valence-corrected chi connectivity index (χ3v) is 4.39. The van der Waals surface area contributed by atoms with Crippen LogP contribution in [0.15, 0.2) is 36.2 Å². The van der Waals surface area contributed by atoms with Crippen LogP contribution in [0.1, 0.15) is 11.6 Å². The highest BCUT2D eigenvalue weighted by atomic mass is 19.1. The highest BCUT2D eigenvalue weighted by Gasteiger charge is 2.40. The van der Waals surface area contributed by atoms with Crippen LogP contribution in [0.2, 0.25) is 0 Å². The molecule has 25 heavy (non-hydrogen) atoms. The first-order valence-electron chi connectivity index (χ1n) is 8.13. The zero-order chi connectivity index (χ0) is 17.8. The van der Waals surface area contributed by atoms with Gasteiger partial charge in [0.2, 0.25) is 0 Å². The molecule has 0 bridgehead atoms. The molecule has 2 saturated heterocycles. The Morgan fingerprint density at radius 1 is 1.32 bits per heavy atom. The zero-order valence-electron chi connectivity index (χ0n) is 13.9. The van der Waals surface area contributed by atoms with Crippen LogP contribution in [0, 0.1) is 11.7 Å². The second-order valence-electron chi connectivity index (χ2n) is 6.00. The number of hydrogen-bond acceptors (Lipinski definition) is 4. The fraction of sp³-hybridized carbons (Fsp3) is 0.412. The number of halogens is 1. The molecule has 8 heteroatoms. The molecule has 0 spiro atoms. The van der Waals surface area contributed by atoms with Gasteiger partial charge in [-0.25, -0.2) is 9.18 Å². The Hall–Kier alpha value is -2.45. The van der Waals surface area contributed by atoms with Crippen molar-refractivity contribution in [2.45, 2.75) is 6.04 Å². The number of urea groups is 1. The van der Waals surface area contributed by atoms with Crippen molar-refractivity contribution < 1.29 is 28.4 Å². The summed E-state index contributed by atoms with van der Waals surface area (Å²) in [5, 5.41) is 5.45. The van der Waals surface area contributed by atoms with E-state index in [1.54, 1.807) is 12.1 Å². The minimum atomic E-state index is -0.733. The number of carbonyl (C=O) groups is 2. The smallest absolute Gasteiger partial charge is 0.319 e. The largest absolute Gasteiger partial charge is 0.468 e. The van der Waals surface area contributed by atoms with Crippen molar-refractivity contribution in [2.24, 2.45) is 5.92 Å². The quantitative estimate of drug-likeness (QED) is 0.656. The molecule has 1 aromatic carbocycles. The van der Waals surface area contributed by atoms with E-state index in [2.05, 4.69) is 10.6 Å². The summed E-state index contributed by atoms with van der Waals surface area (Å²) >= 11 is 0. The second kappa shape index (κ2) is 7.62. The molecule has 2 aliphatic rings. The van der Waals surface area contributed by atoms with Gasteiger partial charge in [0.15, 0.2) is 0 Å². The van der Waals surface area contributed by atoms with E-state index < -0.39 is 24.0 Å². The topological polar surface area (TPSA) is 81.1 Å². The number of morpholine rings is 1. The fourth-order valence-electron chi connectivity index (χ4n) is 3.11. The van der Waals surface area contributed by atoms with Crippen LogP contribution < -0.4 is 15.5 Å². The molecule has 1 aromatic rings. The van der Waals surface area contributed by atoms with E-state index in [9.17, 15) is 14.0 Å². The molecule has 2 heterocycles. The molecule has 134 valence electrons. The maximum Gasteiger partial charge on any atom is 0.319 e. The maximum absolute atomic E-state index is 13.2.